The molecule has 0 saturated heterocycles. The number of thioether (sulfide) groups is 1. The van der Waals surface area contributed by atoms with E-state index in [1.165, 1.54) is 18.9 Å². The molecule has 76 valence electrons. The Labute approximate surface area is 81.6 Å². The molecule has 0 aromatic heterocycles. The van der Waals surface area contributed by atoms with Crippen molar-refractivity contribution in [2.75, 3.05) is 12.9 Å². The third-order valence-corrected chi connectivity index (χ3v) is 2.57. The lowest BCUT2D eigenvalue weighted by molar-refractivity contribution is -0.140. The van der Waals surface area contributed by atoms with Gasteiger partial charge in [-0.3, -0.25) is 9.59 Å². The van der Waals surface area contributed by atoms with Gasteiger partial charge in [0.05, 0.1) is 20.0 Å². The number of aliphatic carboxylic acids is 1. The van der Waals surface area contributed by atoms with Gasteiger partial charge < -0.3 is 9.84 Å². The van der Waals surface area contributed by atoms with Gasteiger partial charge in [0.15, 0.2) is 0 Å². The van der Waals surface area contributed by atoms with Crippen LogP contribution in [0, 0.1) is 0 Å². The van der Waals surface area contributed by atoms with Gasteiger partial charge in [-0.1, -0.05) is 6.92 Å². The van der Waals surface area contributed by atoms with Crippen LogP contribution in [0.2, 0.25) is 0 Å². The highest BCUT2D eigenvalue weighted by atomic mass is 32.2. The standard InChI is InChI=1S/C8H14O4S/c1-6(5-7(9)10)13-4-3-8(11)12-2/h6H,3-5H2,1-2H3,(H,9,10). The first kappa shape index (κ1) is 12.3. The molecule has 4 nitrogen and oxygen atoms in total. The predicted molar refractivity (Wildman–Crippen MR) is 50.8 cm³/mol. The lowest BCUT2D eigenvalue weighted by Gasteiger charge is -2.06. The first-order valence-electron chi connectivity index (χ1n) is 3.96. The molecule has 0 aliphatic heterocycles. The van der Waals surface area contributed by atoms with Gasteiger partial charge in [0.25, 0.3) is 0 Å². The molecule has 0 radical (unpaired) electrons. The van der Waals surface area contributed by atoms with Crippen LogP contribution >= 0.6 is 11.8 Å². The molecule has 5 heteroatoms. The van der Waals surface area contributed by atoms with Crippen molar-refractivity contribution in [3.05, 3.63) is 0 Å². The lowest BCUT2D eigenvalue weighted by Crippen LogP contribution is -2.08. The van der Waals surface area contributed by atoms with Gasteiger partial charge in [0.2, 0.25) is 0 Å². The zero-order valence-electron chi connectivity index (χ0n) is 7.78. The van der Waals surface area contributed by atoms with Gasteiger partial charge in [-0.15, -0.1) is 0 Å². The van der Waals surface area contributed by atoms with E-state index in [0.717, 1.165) is 0 Å². The number of ether oxygens (including phenoxy) is 1. The molecule has 1 unspecified atom stereocenters. The van der Waals surface area contributed by atoms with Crippen molar-refractivity contribution in [2.24, 2.45) is 0 Å². The van der Waals surface area contributed by atoms with Crippen molar-refractivity contribution >= 4 is 23.7 Å². The second-order valence-corrected chi connectivity index (χ2v) is 4.15. The summed E-state index contributed by atoms with van der Waals surface area (Å²) in [5.41, 5.74) is 0. The number of methoxy groups -OCH3 is 1. The molecule has 0 aromatic carbocycles. The number of carbonyl (C=O) groups excluding carboxylic acids is 1. The van der Waals surface area contributed by atoms with Crippen LogP contribution in [0.25, 0.3) is 0 Å². The van der Waals surface area contributed by atoms with E-state index in [0.29, 0.717) is 12.2 Å². The first-order chi connectivity index (χ1) is 6.06. The molecular formula is C8H14O4S. The molecule has 0 aliphatic carbocycles. The van der Waals surface area contributed by atoms with Gasteiger partial charge in [-0.25, -0.2) is 0 Å². The number of carboxylic acid groups (broad SMARTS) is 1. The average molecular weight is 206 g/mol. The SMILES string of the molecule is COC(=O)CCSC(C)CC(=O)O. The van der Waals surface area contributed by atoms with Crippen molar-refractivity contribution in [3.63, 3.8) is 0 Å². The number of esters is 1. The second-order valence-electron chi connectivity index (χ2n) is 2.61. The summed E-state index contributed by atoms with van der Waals surface area (Å²) in [4.78, 5) is 20.9. The van der Waals surface area contributed by atoms with Crippen molar-refractivity contribution in [3.8, 4) is 0 Å². The second kappa shape index (κ2) is 6.77. The highest BCUT2D eigenvalue weighted by Gasteiger charge is 2.08. The predicted octanol–water partition coefficient (Wildman–Crippen LogP) is 1.15. The summed E-state index contributed by atoms with van der Waals surface area (Å²) in [7, 11) is 1.34. The Morgan fingerprint density at radius 1 is 1.54 bits per heavy atom. The summed E-state index contributed by atoms with van der Waals surface area (Å²) in [6, 6.07) is 0. The normalized spacial score (nSPS) is 12.2. The van der Waals surface area contributed by atoms with Crippen LogP contribution in [-0.2, 0) is 14.3 Å². The fraction of sp³-hybridized carbons (Fsp3) is 0.750. The zero-order valence-corrected chi connectivity index (χ0v) is 8.60. The number of hydrogen-bond acceptors (Lipinski definition) is 4. The van der Waals surface area contributed by atoms with Crippen molar-refractivity contribution < 1.29 is 19.4 Å². The molecule has 0 heterocycles. The van der Waals surface area contributed by atoms with Crippen LogP contribution in [-0.4, -0.2) is 35.2 Å². The summed E-state index contributed by atoms with van der Waals surface area (Å²) in [5.74, 6) is -0.450. The first-order valence-corrected chi connectivity index (χ1v) is 5.01. The van der Waals surface area contributed by atoms with Gasteiger partial charge in [0, 0.05) is 11.0 Å². The van der Waals surface area contributed by atoms with Crippen LogP contribution in [0.1, 0.15) is 19.8 Å². The highest BCUT2D eigenvalue weighted by Crippen LogP contribution is 2.14. The third-order valence-electron chi connectivity index (χ3n) is 1.40. The molecule has 0 spiro atoms. The van der Waals surface area contributed by atoms with E-state index in [4.69, 9.17) is 5.11 Å². The van der Waals surface area contributed by atoms with E-state index in [9.17, 15) is 9.59 Å². The largest absolute Gasteiger partial charge is 0.481 e. The maximum Gasteiger partial charge on any atom is 0.306 e. The molecular weight excluding hydrogens is 192 g/mol. The Morgan fingerprint density at radius 2 is 2.15 bits per heavy atom. The summed E-state index contributed by atoms with van der Waals surface area (Å²) in [6.45, 7) is 1.83. The van der Waals surface area contributed by atoms with E-state index in [2.05, 4.69) is 4.74 Å². The fourth-order valence-electron chi connectivity index (χ4n) is 0.750. The van der Waals surface area contributed by atoms with Crippen LogP contribution in [0.15, 0.2) is 0 Å². The molecule has 1 N–H and O–H groups in total. The Balaban J connectivity index is 3.42. The number of carboxylic acids is 1. The van der Waals surface area contributed by atoms with Crippen LogP contribution in [0.3, 0.4) is 0 Å². The summed E-state index contributed by atoms with van der Waals surface area (Å²) >= 11 is 1.47. The summed E-state index contributed by atoms with van der Waals surface area (Å²) in [5, 5.41) is 8.48. The van der Waals surface area contributed by atoms with Gasteiger partial charge in [-0.2, -0.15) is 11.8 Å². The smallest absolute Gasteiger partial charge is 0.306 e. The third kappa shape index (κ3) is 7.64. The summed E-state index contributed by atoms with van der Waals surface area (Å²) < 4.78 is 4.44. The molecule has 1 atom stereocenters. The molecule has 0 saturated carbocycles. The fourth-order valence-corrected chi connectivity index (χ4v) is 1.70. The molecule has 0 rings (SSSR count). The van der Waals surface area contributed by atoms with Gasteiger partial charge in [-0.05, 0) is 0 Å². The molecule has 0 fully saturated rings. The lowest BCUT2D eigenvalue weighted by atomic mass is 10.3. The van der Waals surface area contributed by atoms with Crippen molar-refractivity contribution in [1.29, 1.82) is 0 Å². The molecule has 13 heavy (non-hydrogen) atoms. The minimum Gasteiger partial charge on any atom is -0.481 e. The van der Waals surface area contributed by atoms with E-state index in [-0.39, 0.29) is 17.6 Å². The van der Waals surface area contributed by atoms with E-state index in [1.807, 2.05) is 6.92 Å². The van der Waals surface area contributed by atoms with Gasteiger partial charge >= 0.3 is 11.9 Å². The van der Waals surface area contributed by atoms with Crippen LogP contribution in [0.4, 0.5) is 0 Å². The van der Waals surface area contributed by atoms with Gasteiger partial charge in [0.1, 0.15) is 0 Å². The van der Waals surface area contributed by atoms with E-state index >= 15 is 0 Å². The van der Waals surface area contributed by atoms with E-state index in [1.54, 1.807) is 0 Å². The van der Waals surface area contributed by atoms with Crippen LogP contribution < -0.4 is 0 Å². The molecule has 0 aliphatic rings. The molecule has 0 bridgehead atoms. The Bertz CT molecular complexity index is 181. The molecule has 0 amide bonds. The minimum atomic E-state index is -0.807. The van der Waals surface area contributed by atoms with E-state index < -0.39 is 5.97 Å². The Morgan fingerprint density at radius 3 is 2.62 bits per heavy atom. The van der Waals surface area contributed by atoms with Crippen molar-refractivity contribution in [1.82, 2.24) is 0 Å². The number of hydrogen-bond donors (Lipinski definition) is 1. The maximum absolute atomic E-state index is 10.7. The molecule has 0 aromatic rings. The Hall–Kier alpha value is -0.710. The van der Waals surface area contributed by atoms with Crippen LogP contribution in [0.5, 0.6) is 0 Å². The monoisotopic (exact) mass is 206 g/mol. The summed E-state index contributed by atoms with van der Waals surface area (Å²) in [6.07, 6.45) is 0.469. The topological polar surface area (TPSA) is 63.6 Å². The van der Waals surface area contributed by atoms with Crippen molar-refractivity contribution in [2.45, 2.75) is 25.0 Å². The quantitative estimate of drug-likeness (QED) is 0.660. The maximum atomic E-state index is 10.7. The average Bonchev–Trinajstić information content (AvgIpc) is 2.02. The number of rotatable bonds is 6. The number of carbonyl (C=O) groups is 2. The zero-order chi connectivity index (χ0) is 10.3. The minimum absolute atomic E-state index is 0.0437. The Kier molecular flexibility index (Phi) is 6.40. The highest BCUT2D eigenvalue weighted by molar-refractivity contribution is 7.99.